The first-order valence-corrected chi connectivity index (χ1v) is 9.00. The Bertz CT molecular complexity index is 818. The Balaban J connectivity index is 1.70. The lowest BCUT2D eigenvalue weighted by Crippen LogP contribution is -2.37. The summed E-state index contributed by atoms with van der Waals surface area (Å²) in [6, 6.07) is 16.4. The van der Waals surface area contributed by atoms with Gasteiger partial charge in [0.25, 0.3) is 5.91 Å². The molecule has 0 spiro atoms. The standard InChI is InChI=1S/C21H22N2O4/c24-19-7-4-13-23(19)18-10-8-17(9-11-18)21(27)22(15-20(25)26)14-12-16-5-2-1-3-6-16/h1-3,5-6,8-11H,4,7,12-15H2,(H,25,26). The molecule has 0 aromatic heterocycles. The van der Waals surface area contributed by atoms with E-state index in [9.17, 15) is 14.4 Å². The molecule has 2 amide bonds. The number of anilines is 1. The molecule has 1 heterocycles. The van der Waals surface area contributed by atoms with E-state index in [0.717, 1.165) is 17.7 Å². The Kier molecular flexibility index (Phi) is 5.86. The second kappa shape index (κ2) is 8.49. The highest BCUT2D eigenvalue weighted by Gasteiger charge is 2.23. The fourth-order valence-electron chi connectivity index (χ4n) is 3.21. The summed E-state index contributed by atoms with van der Waals surface area (Å²) in [6.45, 7) is 0.661. The fraction of sp³-hybridized carbons (Fsp3) is 0.286. The van der Waals surface area contributed by atoms with Crippen molar-refractivity contribution in [2.45, 2.75) is 19.3 Å². The van der Waals surface area contributed by atoms with Gasteiger partial charge >= 0.3 is 5.97 Å². The van der Waals surface area contributed by atoms with Gasteiger partial charge in [0.2, 0.25) is 5.91 Å². The van der Waals surface area contributed by atoms with Crippen LogP contribution in [0.3, 0.4) is 0 Å². The van der Waals surface area contributed by atoms with E-state index in [1.165, 1.54) is 4.90 Å². The first kappa shape index (κ1) is 18.6. The quantitative estimate of drug-likeness (QED) is 0.817. The Morgan fingerprint density at radius 1 is 1.04 bits per heavy atom. The highest BCUT2D eigenvalue weighted by atomic mass is 16.4. The SMILES string of the molecule is O=C(O)CN(CCc1ccccc1)C(=O)c1ccc(N2CCCC2=O)cc1. The monoisotopic (exact) mass is 366 g/mol. The summed E-state index contributed by atoms with van der Waals surface area (Å²) in [4.78, 5) is 38.8. The van der Waals surface area contributed by atoms with Gasteiger partial charge < -0.3 is 14.9 Å². The van der Waals surface area contributed by atoms with Crippen LogP contribution in [0.2, 0.25) is 0 Å². The molecule has 2 aromatic rings. The van der Waals surface area contributed by atoms with Crippen LogP contribution in [0, 0.1) is 0 Å². The minimum absolute atomic E-state index is 0.0874. The fourth-order valence-corrected chi connectivity index (χ4v) is 3.21. The molecule has 0 aliphatic carbocycles. The van der Waals surface area contributed by atoms with Gasteiger partial charge in [-0.3, -0.25) is 14.4 Å². The summed E-state index contributed by atoms with van der Waals surface area (Å²) in [5.74, 6) is -1.28. The lowest BCUT2D eigenvalue weighted by molar-refractivity contribution is -0.137. The molecular weight excluding hydrogens is 344 g/mol. The maximum absolute atomic E-state index is 12.8. The third kappa shape index (κ3) is 4.73. The Labute approximate surface area is 158 Å². The van der Waals surface area contributed by atoms with Gasteiger partial charge in [0.1, 0.15) is 6.54 Å². The molecule has 0 radical (unpaired) electrons. The van der Waals surface area contributed by atoms with Crippen LogP contribution in [0.15, 0.2) is 54.6 Å². The number of carboxylic acid groups (broad SMARTS) is 1. The number of aliphatic carboxylic acids is 1. The second-order valence-corrected chi connectivity index (χ2v) is 6.55. The van der Waals surface area contributed by atoms with Crippen molar-refractivity contribution in [3.05, 3.63) is 65.7 Å². The average molecular weight is 366 g/mol. The molecule has 0 saturated carbocycles. The number of hydrogen-bond acceptors (Lipinski definition) is 3. The van der Waals surface area contributed by atoms with Gasteiger partial charge in [0, 0.05) is 30.8 Å². The number of rotatable bonds is 7. The van der Waals surface area contributed by atoms with Gasteiger partial charge in [-0.2, -0.15) is 0 Å². The van der Waals surface area contributed by atoms with Crippen molar-refractivity contribution in [1.29, 1.82) is 0 Å². The van der Waals surface area contributed by atoms with E-state index in [1.807, 2.05) is 30.3 Å². The number of hydrogen-bond donors (Lipinski definition) is 1. The van der Waals surface area contributed by atoms with Crippen LogP contribution >= 0.6 is 0 Å². The zero-order valence-corrected chi connectivity index (χ0v) is 15.0. The van der Waals surface area contributed by atoms with E-state index >= 15 is 0 Å². The van der Waals surface area contributed by atoms with Crippen molar-refractivity contribution in [3.8, 4) is 0 Å². The zero-order chi connectivity index (χ0) is 19.2. The third-order valence-electron chi connectivity index (χ3n) is 4.63. The zero-order valence-electron chi connectivity index (χ0n) is 15.0. The van der Waals surface area contributed by atoms with Crippen LogP contribution in [0.5, 0.6) is 0 Å². The van der Waals surface area contributed by atoms with Crippen LogP contribution in [0.1, 0.15) is 28.8 Å². The molecule has 3 rings (SSSR count). The minimum atomic E-state index is -1.05. The van der Waals surface area contributed by atoms with Gasteiger partial charge in [-0.05, 0) is 42.7 Å². The second-order valence-electron chi connectivity index (χ2n) is 6.55. The van der Waals surface area contributed by atoms with Crippen molar-refractivity contribution >= 4 is 23.5 Å². The largest absolute Gasteiger partial charge is 0.480 e. The van der Waals surface area contributed by atoms with Crippen LogP contribution in [0.4, 0.5) is 5.69 Å². The van der Waals surface area contributed by atoms with Crippen LogP contribution in [-0.2, 0) is 16.0 Å². The summed E-state index contributed by atoms with van der Waals surface area (Å²) >= 11 is 0. The van der Waals surface area contributed by atoms with Crippen LogP contribution < -0.4 is 4.90 Å². The summed E-state index contributed by atoms with van der Waals surface area (Å²) in [7, 11) is 0. The Morgan fingerprint density at radius 2 is 1.74 bits per heavy atom. The predicted octanol–water partition coefficient (Wildman–Crippen LogP) is 2.58. The summed E-state index contributed by atoms with van der Waals surface area (Å²) in [5, 5.41) is 9.16. The lowest BCUT2D eigenvalue weighted by atomic mass is 10.1. The topological polar surface area (TPSA) is 77.9 Å². The molecule has 1 fully saturated rings. The van der Waals surface area contributed by atoms with Crippen LogP contribution in [0.25, 0.3) is 0 Å². The molecule has 140 valence electrons. The van der Waals surface area contributed by atoms with Gasteiger partial charge in [0.05, 0.1) is 0 Å². The van der Waals surface area contributed by atoms with E-state index in [4.69, 9.17) is 5.11 Å². The number of amides is 2. The molecule has 6 heteroatoms. The van der Waals surface area contributed by atoms with Gasteiger partial charge in [0.15, 0.2) is 0 Å². The smallest absolute Gasteiger partial charge is 0.323 e. The first-order chi connectivity index (χ1) is 13.0. The highest BCUT2D eigenvalue weighted by molar-refractivity contribution is 5.98. The molecule has 27 heavy (non-hydrogen) atoms. The van der Waals surface area contributed by atoms with Crippen molar-refractivity contribution in [2.24, 2.45) is 0 Å². The molecule has 0 bridgehead atoms. The Hall–Kier alpha value is -3.15. The summed E-state index contributed by atoms with van der Waals surface area (Å²) in [5.41, 5.74) is 2.23. The number of carbonyl (C=O) groups excluding carboxylic acids is 2. The molecule has 6 nitrogen and oxygen atoms in total. The van der Waals surface area contributed by atoms with E-state index in [0.29, 0.717) is 31.5 Å². The van der Waals surface area contributed by atoms with E-state index in [2.05, 4.69) is 0 Å². The Morgan fingerprint density at radius 3 is 2.33 bits per heavy atom. The maximum Gasteiger partial charge on any atom is 0.323 e. The molecule has 2 aromatic carbocycles. The molecule has 1 N–H and O–H groups in total. The highest BCUT2D eigenvalue weighted by Crippen LogP contribution is 2.22. The number of carbonyl (C=O) groups is 3. The predicted molar refractivity (Wildman–Crippen MR) is 102 cm³/mol. The molecule has 1 saturated heterocycles. The van der Waals surface area contributed by atoms with Crippen molar-refractivity contribution in [1.82, 2.24) is 4.90 Å². The molecule has 1 aliphatic rings. The van der Waals surface area contributed by atoms with Gasteiger partial charge in [-0.1, -0.05) is 30.3 Å². The molecule has 0 unspecified atom stereocenters. The van der Waals surface area contributed by atoms with E-state index in [-0.39, 0.29) is 18.4 Å². The van der Waals surface area contributed by atoms with Gasteiger partial charge in [-0.25, -0.2) is 0 Å². The molecule has 1 aliphatic heterocycles. The normalized spacial score (nSPS) is 13.6. The van der Waals surface area contributed by atoms with Crippen molar-refractivity contribution in [2.75, 3.05) is 24.5 Å². The van der Waals surface area contributed by atoms with Crippen molar-refractivity contribution < 1.29 is 19.5 Å². The number of benzene rings is 2. The van der Waals surface area contributed by atoms with E-state index in [1.54, 1.807) is 29.2 Å². The lowest BCUT2D eigenvalue weighted by Gasteiger charge is -2.21. The average Bonchev–Trinajstić information content (AvgIpc) is 3.11. The molecule has 0 atom stereocenters. The first-order valence-electron chi connectivity index (χ1n) is 9.00. The maximum atomic E-state index is 12.8. The summed E-state index contributed by atoms with van der Waals surface area (Å²) in [6.07, 6.45) is 1.97. The van der Waals surface area contributed by atoms with Crippen LogP contribution in [-0.4, -0.2) is 47.4 Å². The number of carboxylic acids is 1. The van der Waals surface area contributed by atoms with E-state index < -0.39 is 5.97 Å². The van der Waals surface area contributed by atoms with Gasteiger partial charge in [-0.15, -0.1) is 0 Å². The minimum Gasteiger partial charge on any atom is -0.480 e. The summed E-state index contributed by atoms with van der Waals surface area (Å²) < 4.78 is 0. The molecular formula is C21H22N2O4. The van der Waals surface area contributed by atoms with Crippen molar-refractivity contribution in [3.63, 3.8) is 0 Å². The third-order valence-corrected chi connectivity index (χ3v) is 4.63. The number of nitrogens with zero attached hydrogens (tertiary/aromatic N) is 2.